The topological polar surface area (TPSA) is 48.9 Å². The average Bonchev–Trinajstić information content (AvgIpc) is 2.62. The van der Waals surface area contributed by atoms with Gasteiger partial charge in [-0.25, -0.2) is 0 Å². The van der Waals surface area contributed by atoms with Gasteiger partial charge in [0, 0.05) is 38.8 Å². The van der Waals surface area contributed by atoms with Crippen LogP contribution in [0.5, 0.6) is 5.75 Å². The molecular formula is C20H35IN4O. The quantitative estimate of drug-likeness (QED) is 0.275. The lowest BCUT2D eigenvalue weighted by molar-refractivity contribution is 0.167. The molecule has 0 aliphatic carbocycles. The summed E-state index contributed by atoms with van der Waals surface area (Å²) in [5, 5.41) is 6.94. The molecule has 0 saturated carbocycles. The lowest BCUT2D eigenvalue weighted by Gasteiger charge is -2.35. The maximum atomic E-state index is 5.75. The molecule has 0 amide bonds. The van der Waals surface area contributed by atoms with Gasteiger partial charge in [0.1, 0.15) is 5.75 Å². The SMILES string of the molecule is CN=C(NCCCOc1ccc(C)cc1)NC1CCN(C(C)C)CC1.I. The van der Waals surface area contributed by atoms with Crippen molar-refractivity contribution in [3.8, 4) is 5.75 Å². The van der Waals surface area contributed by atoms with Crippen molar-refractivity contribution >= 4 is 29.9 Å². The molecule has 6 heteroatoms. The molecule has 148 valence electrons. The van der Waals surface area contributed by atoms with Crippen LogP contribution in [-0.2, 0) is 0 Å². The molecule has 1 fully saturated rings. The van der Waals surface area contributed by atoms with Crippen LogP contribution in [0, 0.1) is 6.92 Å². The van der Waals surface area contributed by atoms with Crippen LogP contribution in [0.15, 0.2) is 29.3 Å². The van der Waals surface area contributed by atoms with E-state index in [1.807, 2.05) is 19.2 Å². The Balaban J connectivity index is 0.00000338. The third-order valence-corrected chi connectivity index (χ3v) is 4.73. The second kappa shape index (κ2) is 12.4. The molecule has 0 spiro atoms. The number of nitrogens with zero attached hydrogens (tertiary/aromatic N) is 2. The smallest absolute Gasteiger partial charge is 0.191 e. The van der Waals surface area contributed by atoms with E-state index in [9.17, 15) is 0 Å². The number of guanidine groups is 1. The molecule has 0 unspecified atom stereocenters. The molecule has 0 radical (unpaired) electrons. The van der Waals surface area contributed by atoms with Crippen molar-refractivity contribution in [3.63, 3.8) is 0 Å². The molecule has 0 atom stereocenters. The van der Waals surface area contributed by atoms with Crippen molar-refractivity contribution in [2.24, 2.45) is 4.99 Å². The first-order valence-corrected chi connectivity index (χ1v) is 9.49. The average molecular weight is 474 g/mol. The van der Waals surface area contributed by atoms with Gasteiger partial charge in [0.05, 0.1) is 6.61 Å². The highest BCUT2D eigenvalue weighted by atomic mass is 127. The molecule has 1 saturated heterocycles. The standard InChI is InChI=1S/C20H34N4O.HI/c1-16(2)24-13-10-18(11-14-24)23-20(21-4)22-12-5-15-25-19-8-6-17(3)7-9-19;/h6-9,16,18H,5,10-15H2,1-4H3,(H2,21,22,23);1H. The van der Waals surface area contributed by atoms with Gasteiger partial charge < -0.3 is 20.3 Å². The molecule has 1 aromatic rings. The number of halogens is 1. The van der Waals surface area contributed by atoms with Gasteiger partial charge >= 0.3 is 0 Å². The lowest BCUT2D eigenvalue weighted by Crippen LogP contribution is -2.50. The largest absolute Gasteiger partial charge is 0.494 e. The summed E-state index contributed by atoms with van der Waals surface area (Å²) >= 11 is 0. The predicted octanol–water partition coefficient (Wildman–Crippen LogP) is 3.42. The first-order valence-electron chi connectivity index (χ1n) is 9.49. The zero-order valence-electron chi connectivity index (χ0n) is 16.6. The van der Waals surface area contributed by atoms with E-state index in [1.54, 1.807) is 0 Å². The molecule has 0 bridgehead atoms. The zero-order valence-corrected chi connectivity index (χ0v) is 19.0. The summed E-state index contributed by atoms with van der Waals surface area (Å²) in [7, 11) is 1.83. The van der Waals surface area contributed by atoms with Crippen molar-refractivity contribution in [1.82, 2.24) is 15.5 Å². The van der Waals surface area contributed by atoms with Gasteiger partial charge in [-0.2, -0.15) is 0 Å². The van der Waals surface area contributed by atoms with Gasteiger partial charge in [-0.3, -0.25) is 4.99 Å². The minimum atomic E-state index is 0. The van der Waals surface area contributed by atoms with Crippen molar-refractivity contribution in [2.75, 3.05) is 33.3 Å². The van der Waals surface area contributed by atoms with Gasteiger partial charge in [-0.05, 0) is 52.2 Å². The minimum Gasteiger partial charge on any atom is -0.494 e. The Hall–Kier alpha value is -1.02. The summed E-state index contributed by atoms with van der Waals surface area (Å²) in [5.41, 5.74) is 1.25. The first kappa shape index (κ1) is 23.0. The van der Waals surface area contributed by atoms with Crippen molar-refractivity contribution < 1.29 is 4.74 Å². The number of piperidine rings is 1. The van der Waals surface area contributed by atoms with E-state index in [-0.39, 0.29) is 24.0 Å². The number of rotatable bonds is 7. The molecular weight excluding hydrogens is 439 g/mol. The molecule has 1 aliphatic rings. The molecule has 1 heterocycles. The Labute approximate surface area is 176 Å². The number of hydrogen-bond acceptors (Lipinski definition) is 3. The zero-order chi connectivity index (χ0) is 18.1. The normalized spacial score (nSPS) is 16.3. The highest BCUT2D eigenvalue weighted by molar-refractivity contribution is 14.0. The summed E-state index contributed by atoms with van der Waals surface area (Å²) in [6, 6.07) is 9.35. The fourth-order valence-electron chi connectivity index (χ4n) is 3.05. The molecule has 2 N–H and O–H groups in total. The van der Waals surface area contributed by atoms with E-state index in [0.717, 1.165) is 37.8 Å². The Kier molecular flexibility index (Phi) is 11.0. The van der Waals surface area contributed by atoms with E-state index < -0.39 is 0 Å². The number of ether oxygens (including phenoxy) is 1. The van der Waals surface area contributed by atoms with Gasteiger partial charge in [-0.1, -0.05) is 17.7 Å². The number of nitrogens with one attached hydrogen (secondary N) is 2. The van der Waals surface area contributed by atoms with Crippen molar-refractivity contribution in [3.05, 3.63) is 29.8 Å². The van der Waals surface area contributed by atoms with Crippen LogP contribution in [-0.4, -0.2) is 56.2 Å². The molecule has 2 rings (SSSR count). The maximum absolute atomic E-state index is 5.75. The van der Waals surface area contributed by atoms with Crippen LogP contribution in [0.1, 0.15) is 38.7 Å². The predicted molar refractivity (Wildman–Crippen MR) is 121 cm³/mol. The van der Waals surface area contributed by atoms with E-state index >= 15 is 0 Å². The Morgan fingerprint density at radius 1 is 1.23 bits per heavy atom. The molecule has 26 heavy (non-hydrogen) atoms. The van der Waals surface area contributed by atoms with E-state index in [0.29, 0.717) is 18.7 Å². The molecule has 1 aromatic carbocycles. The fraction of sp³-hybridized carbons (Fsp3) is 0.650. The number of likely N-dealkylation sites (tertiary alicyclic amines) is 1. The molecule has 0 aromatic heterocycles. The summed E-state index contributed by atoms with van der Waals surface area (Å²) in [4.78, 5) is 6.88. The van der Waals surface area contributed by atoms with Crippen LogP contribution in [0.2, 0.25) is 0 Å². The third kappa shape index (κ3) is 8.12. The number of aryl methyl sites for hydroxylation is 1. The van der Waals surface area contributed by atoms with Gasteiger partial charge in [0.25, 0.3) is 0 Å². The van der Waals surface area contributed by atoms with Crippen LogP contribution in [0.3, 0.4) is 0 Å². The monoisotopic (exact) mass is 474 g/mol. The minimum absolute atomic E-state index is 0. The summed E-state index contributed by atoms with van der Waals surface area (Å²) in [6.45, 7) is 10.5. The van der Waals surface area contributed by atoms with E-state index in [2.05, 4.69) is 53.4 Å². The second-order valence-corrected chi connectivity index (χ2v) is 7.06. The Morgan fingerprint density at radius 2 is 1.88 bits per heavy atom. The maximum Gasteiger partial charge on any atom is 0.191 e. The third-order valence-electron chi connectivity index (χ3n) is 4.73. The van der Waals surface area contributed by atoms with E-state index in [4.69, 9.17) is 4.74 Å². The van der Waals surface area contributed by atoms with Crippen LogP contribution in [0.25, 0.3) is 0 Å². The van der Waals surface area contributed by atoms with Crippen LogP contribution >= 0.6 is 24.0 Å². The molecule has 5 nitrogen and oxygen atoms in total. The van der Waals surface area contributed by atoms with Crippen molar-refractivity contribution in [1.29, 1.82) is 0 Å². The lowest BCUT2D eigenvalue weighted by atomic mass is 10.0. The summed E-state index contributed by atoms with van der Waals surface area (Å²) in [5.74, 6) is 1.84. The number of aliphatic imine (C=N–C) groups is 1. The van der Waals surface area contributed by atoms with Gasteiger partial charge in [0.15, 0.2) is 5.96 Å². The number of hydrogen-bond donors (Lipinski definition) is 2. The Morgan fingerprint density at radius 3 is 2.46 bits per heavy atom. The fourth-order valence-corrected chi connectivity index (χ4v) is 3.05. The highest BCUT2D eigenvalue weighted by Gasteiger charge is 2.21. The van der Waals surface area contributed by atoms with Crippen molar-refractivity contribution in [2.45, 2.75) is 52.1 Å². The highest BCUT2D eigenvalue weighted by Crippen LogP contribution is 2.13. The summed E-state index contributed by atoms with van der Waals surface area (Å²) < 4.78 is 5.75. The van der Waals surface area contributed by atoms with Crippen LogP contribution < -0.4 is 15.4 Å². The molecule has 1 aliphatic heterocycles. The Bertz CT molecular complexity index is 525. The van der Waals surface area contributed by atoms with E-state index in [1.165, 1.54) is 18.4 Å². The number of benzene rings is 1. The van der Waals surface area contributed by atoms with Crippen LogP contribution in [0.4, 0.5) is 0 Å². The second-order valence-electron chi connectivity index (χ2n) is 7.06. The van der Waals surface area contributed by atoms with Gasteiger partial charge in [-0.15, -0.1) is 24.0 Å². The summed E-state index contributed by atoms with van der Waals surface area (Å²) in [6.07, 6.45) is 3.30. The van der Waals surface area contributed by atoms with Gasteiger partial charge in [0.2, 0.25) is 0 Å². The first-order chi connectivity index (χ1) is 12.1.